The minimum absolute atomic E-state index is 0.377. The van der Waals surface area contributed by atoms with Crippen LogP contribution in [0.5, 0.6) is 0 Å². The molecule has 0 aliphatic carbocycles. The quantitative estimate of drug-likeness (QED) is 0.818. The molecule has 1 aromatic rings. The molecule has 1 unspecified atom stereocenters. The van der Waals surface area contributed by atoms with Gasteiger partial charge in [-0.2, -0.15) is 11.8 Å². The Labute approximate surface area is 81.0 Å². The van der Waals surface area contributed by atoms with Crippen molar-refractivity contribution in [2.24, 2.45) is 0 Å². The molecule has 0 fully saturated rings. The molecular weight excluding hydrogens is 190 g/mol. The summed E-state index contributed by atoms with van der Waals surface area (Å²) in [5, 5.41) is 10.5. The maximum Gasteiger partial charge on any atom is 0.103 e. The van der Waals surface area contributed by atoms with Gasteiger partial charge in [-0.3, -0.25) is 0 Å². The number of hydrogen-bond donors (Lipinski definition) is 1. The normalized spacial score (nSPS) is 13.3. The third-order valence-electron chi connectivity index (χ3n) is 1.52. The maximum atomic E-state index is 9.35. The molecule has 1 rings (SSSR count). The van der Waals surface area contributed by atoms with Crippen molar-refractivity contribution in [2.45, 2.75) is 25.7 Å². The van der Waals surface area contributed by atoms with Gasteiger partial charge in [0, 0.05) is 5.75 Å². The summed E-state index contributed by atoms with van der Waals surface area (Å²) in [6.45, 7) is 3.73. The van der Waals surface area contributed by atoms with E-state index in [1.165, 1.54) is 0 Å². The molecule has 0 aliphatic rings. The minimum Gasteiger partial charge on any atom is -0.388 e. The first-order valence-electron chi connectivity index (χ1n) is 3.78. The van der Waals surface area contributed by atoms with Crippen LogP contribution in [0.1, 0.15) is 28.6 Å². The Morgan fingerprint density at radius 3 is 2.75 bits per heavy atom. The van der Waals surface area contributed by atoms with Gasteiger partial charge in [0.2, 0.25) is 0 Å². The molecule has 1 heterocycles. The van der Waals surface area contributed by atoms with Gasteiger partial charge in [0.15, 0.2) is 0 Å². The zero-order valence-corrected chi connectivity index (χ0v) is 9.13. The van der Waals surface area contributed by atoms with Crippen LogP contribution in [-0.2, 0) is 5.75 Å². The van der Waals surface area contributed by atoms with Crippen molar-refractivity contribution in [1.29, 1.82) is 0 Å². The lowest BCUT2D eigenvalue weighted by molar-refractivity contribution is 0.202. The average Bonchev–Trinajstić information content (AvgIpc) is 2.32. The van der Waals surface area contributed by atoms with Gasteiger partial charge in [-0.05, 0) is 20.1 Å². The van der Waals surface area contributed by atoms with Crippen LogP contribution in [0.15, 0.2) is 0 Å². The number of thioether (sulfide) groups is 1. The highest BCUT2D eigenvalue weighted by Gasteiger charge is 2.10. The van der Waals surface area contributed by atoms with E-state index in [1.54, 1.807) is 30.0 Å². The van der Waals surface area contributed by atoms with Gasteiger partial charge in [-0.25, -0.2) is 4.98 Å². The summed E-state index contributed by atoms with van der Waals surface area (Å²) in [4.78, 5) is 5.36. The lowest BCUT2D eigenvalue weighted by Gasteiger charge is -1.98. The molecular formula is C8H13NOS2. The lowest BCUT2D eigenvalue weighted by atomic mass is 10.3. The topological polar surface area (TPSA) is 33.1 Å². The van der Waals surface area contributed by atoms with E-state index >= 15 is 0 Å². The number of aromatic nitrogens is 1. The number of rotatable bonds is 3. The van der Waals surface area contributed by atoms with Crippen molar-refractivity contribution in [2.75, 3.05) is 6.26 Å². The lowest BCUT2D eigenvalue weighted by Crippen LogP contribution is -1.88. The van der Waals surface area contributed by atoms with E-state index in [2.05, 4.69) is 11.2 Å². The minimum atomic E-state index is -0.377. The smallest absolute Gasteiger partial charge is 0.103 e. The molecule has 0 spiro atoms. The van der Waals surface area contributed by atoms with Crippen LogP contribution >= 0.6 is 23.1 Å². The molecule has 2 nitrogen and oxygen atoms in total. The number of aliphatic hydroxyl groups excluding tert-OH is 1. The third-order valence-corrected chi connectivity index (χ3v) is 3.60. The first kappa shape index (κ1) is 10.0. The first-order valence-corrected chi connectivity index (χ1v) is 5.99. The molecule has 68 valence electrons. The molecule has 0 aliphatic heterocycles. The van der Waals surface area contributed by atoms with Crippen molar-refractivity contribution in [3.05, 3.63) is 15.6 Å². The number of aliphatic hydroxyl groups is 1. The molecule has 0 saturated carbocycles. The largest absolute Gasteiger partial charge is 0.388 e. The fraction of sp³-hybridized carbons (Fsp3) is 0.625. The summed E-state index contributed by atoms with van der Waals surface area (Å²) in [5.41, 5.74) is 0.971. The van der Waals surface area contributed by atoms with Gasteiger partial charge in [0.25, 0.3) is 0 Å². The Kier molecular flexibility index (Phi) is 3.55. The Bertz CT molecular complexity index is 258. The molecule has 0 bridgehead atoms. The zero-order valence-electron chi connectivity index (χ0n) is 7.50. The second kappa shape index (κ2) is 4.25. The predicted octanol–water partition coefficient (Wildman–Crippen LogP) is 2.37. The summed E-state index contributed by atoms with van der Waals surface area (Å²) in [6.07, 6.45) is 1.68. The number of aryl methyl sites for hydroxylation is 1. The standard InChI is InChI=1S/C8H13NOS2/c1-5-8(6(2)10)12-7(9-5)4-11-3/h6,10H,4H2,1-3H3. The van der Waals surface area contributed by atoms with Crippen molar-refractivity contribution in [1.82, 2.24) is 4.98 Å². The molecule has 4 heteroatoms. The third kappa shape index (κ3) is 2.21. The molecule has 12 heavy (non-hydrogen) atoms. The highest BCUT2D eigenvalue weighted by molar-refractivity contribution is 7.97. The van der Waals surface area contributed by atoms with E-state index in [-0.39, 0.29) is 6.10 Å². The van der Waals surface area contributed by atoms with Gasteiger partial charge in [-0.1, -0.05) is 0 Å². The van der Waals surface area contributed by atoms with Gasteiger partial charge in [0.1, 0.15) is 5.01 Å². The Balaban J connectivity index is 2.85. The van der Waals surface area contributed by atoms with E-state index in [4.69, 9.17) is 0 Å². The number of thiazole rings is 1. The highest BCUT2D eigenvalue weighted by atomic mass is 32.2. The van der Waals surface area contributed by atoms with Gasteiger partial charge in [0.05, 0.1) is 16.7 Å². The Morgan fingerprint density at radius 1 is 1.67 bits per heavy atom. The molecule has 1 N–H and O–H groups in total. The maximum absolute atomic E-state index is 9.35. The van der Waals surface area contributed by atoms with Crippen molar-refractivity contribution in [3.63, 3.8) is 0 Å². The van der Waals surface area contributed by atoms with Crippen LogP contribution in [-0.4, -0.2) is 16.3 Å². The molecule has 0 amide bonds. The van der Waals surface area contributed by atoms with Crippen molar-refractivity contribution in [3.8, 4) is 0 Å². The van der Waals surface area contributed by atoms with E-state index in [0.29, 0.717) is 0 Å². The van der Waals surface area contributed by atoms with Crippen LogP contribution < -0.4 is 0 Å². The van der Waals surface area contributed by atoms with E-state index in [1.807, 2.05) is 6.92 Å². The fourth-order valence-corrected chi connectivity index (χ4v) is 2.74. The molecule has 1 aromatic heterocycles. The Morgan fingerprint density at radius 2 is 2.33 bits per heavy atom. The van der Waals surface area contributed by atoms with Gasteiger partial charge < -0.3 is 5.11 Å². The van der Waals surface area contributed by atoms with Gasteiger partial charge >= 0.3 is 0 Å². The number of nitrogens with zero attached hydrogens (tertiary/aromatic N) is 1. The van der Waals surface area contributed by atoms with Crippen molar-refractivity contribution < 1.29 is 5.11 Å². The highest BCUT2D eigenvalue weighted by Crippen LogP contribution is 2.26. The second-order valence-electron chi connectivity index (χ2n) is 2.67. The average molecular weight is 203 g/mol. The summed E-state index contributed by atoms with van der Waals surface area (Å²) < 4.78 is 0. The number of hydrogen-bond acceptors (Lipinski definition) is 4. The van der Waals surface area contributed by atoms with Crippen LogP contribution in [0.2, 0.25) is 0 Å². The first-order chi connectivity index (χ1) is 5.65. The SMILES string of the molecule is CSCc1nc(C)c(C(C)O)s1. The van der Waals surface area contributed by atoms with Crippen LogP contribution in [0, 0.1) is 6.92 Å². The summed E-state index contributed by atoms with van der Waals surface area (Å²) in [5.74, 6) is 0.943. The molecule has 0 radical (unpaired) electrons. The van der Waals surface area contributed by atoms with Crippen LogP contribution in [0.25, 0.3) is 0 Å². The summed E-state index contributed by atoms with van der Waals surface area (Å²) >= 11 is 3.36. The van der Waals surface area contributed by atoms with Crippen LogP contribution in [0.4, 0.5) is 0 Å². The zero-order chi connectivity index (χ0) is 9.14. The molecule has 1 atom stereocenters. The van der Waals surface area contributed by atoms with E-state index in [0.717, 1.165) is 21.3 Å². The second-order valence-corrected chi connectivity index (χ2v) is 4.65. The van der Waals surface area contributed by atoms with E-state index in [9.17, 15) is 5.11 Å². The van der Waals surface area contributed by atoms with E-state index < -0.39 is 0 Å². The summed E-state index contributed by atoms with van der Waals surface area (Å²) in [7, 11) is 0. The van der Waals surface area contributed by atoms with Crippen molar-refractivity contribution >= 4 is 23.1 Å². The monoisotopic (exact) mass is 203 g/mol. The Hall–Kier alpha value is -0.0600. The molecule has 0 saturated heterocycles. The van der Waals surface area contributed by atoms with Crippen LogP contribution in [0.3, 0.4) is 0 Å². The predicted molar refractivity (Wildman–Crippen MR) is 54.7 cm³/mol. The molecule has 0 aromatic carbocycles. The fourth-order valence-electron chi connectivity index (χ4n) is 1.04. The van der Waals surface area contributed by atoms with Gasteiger partial charge in [-0.15, -0.1) is 11.3 Å². The summed E-state index contributed by atoms with van der Waals surface area (Å²) in [6, 6.07) is 0.